The SMILES string of the molecule is Cl.NC(CO)c1cccnc1. The summed E-state index contributed by atoms with van der Waals surface area (Å²) in [4.78, 5) is 3.86. The minimum Gasteiger partial charge on any atom is -0.394 e. The van der Waals surface area contributed by atoms with E-state index in [9.17, 15) is 0 Å². The van der Waals surface area contributed by atoms with Gasteiger partial charge in [-0.3, -0.25) is 4.98 Å². The summed E-state index contributed by atoms with van der Waals surface area (Å²) in [7, 11) is 0. The maximum Gasteiger partial charge on any atom is 0.0624 e. The molecule has 0 aromatic carbocycles. The highest BCUT2D eigenvalue weighted by molar-refractivity contribution is 5.85. The van der Waals surface area contributed by atoms with E-state index in [0.717, 1.165) is 5.56 Å². The standard InChI is InChI=1S/C7H10N2O.ClH/c8-7(5-10)6-2-1-3-9-4-6;/h1-4,7,10H,5,8H2;1H. The van der Waals surface area contributed by atoms with Crippen LogP contribution in [0.4, 0.5) is 0 Å². The lowest BCUT2D eigenvalue weighted by Gasteiger charge is -2.05. The fourth-order valence-electron chi connectivity index (χ4n) is 0.701. The van der Waals surface area contributed by atoms with Gasteiger partial charge in [0.2, 0.25) is 0 Å². The van der Waals surface area contributed by atoms with E-state index < -0.39 is 0 Å². The maximum absolute atomic E-state index is 8.64. The van der Waals surface area contributed by atoms with Crippen molar-refractivity contribution in [2.45, 2.75) is 6.04 Å². The fraction of sp³-hybridized carbons (Fsp3) is 0.286. The molecule has 1 aromatic rings. The molecule has 0 bridgehead atoms. The topological polar surface area (TPSA) is 59.1 Å². The van der Waals surface area contributed by atoms with E-state index >= 15 is 0 Å². The number of hydrogen-bond acceptors (Lipinski definition) is 3. The summed E-state index contributed by atoms with van der Waals surface area (Å²) < 4.78 is 0. The zero-order chi connectivity index (χ0) is 7.40. The van der Waals surface area contributed by atoms with E-state index in [1.165, 1.54) is 0 Å². The van der Waals surface area contributed by atoms with E-state index in [1.807, 2.05) is 6.07 Å². The average Bonchev–Trinajstić information content (AvgIpc) is 2.05. The van der Waals surface area contributed by atoms with Crippen molar-refractivity contribution in [2.75, 3.05) is 6.61 Å². The molecule has 1 rings (SSSR count). The van der Waals surface area contributed by atoms with Crippen molar-refractivity contribution in [3.63, 3.8) is 0 Å². The molecule has 0 saturated carbocycles. The van der Waals surface area contributed by atoms with Gasteiger partial charge in [0, 0.05) is 12.4 Å². The molecule has 3 nitrogen and oxygen atoms in total. The number of pyridine rings is 1. The number of aromatic nitrogens is 1. The largest absolute Gasteiger partial charge is 0.394 e. The van der Waals surface area contributed by atoms with Crippen molar-refractivity contribution in [1.82, 2.24) is 4.98 Å². The second-order valence-electron chi connectivity index (χ2n) is 2.08. The van der Waals surface area contributed by atoms with Crippen molar-refractivity contribution in [1.29, 1.82) is 0 Å². The van der Waals surface area contributed by atoms with Crippen LogP contribution in [0.15, 0.2) is 24.5 Å². The summed E-state index contributed by atoms with van der Waals surface area (Å²) in [5, 5.41) is 8.64. The highest BCUT2D eigenvalue weighted by Crippen LogP contribution is 2.05. The third-order valence-corrected chi connectivity index (χ3v) is 1.31. The Morgan fingerprint density at radius 1 is 1.64 bits per heavy atom. The predicted molar refractivity (Wildman–Crippen MR) is 45.5 cm³/mol. The molecule has 62 valence electrons. The van der Waals surface area contributed by atoms with E-state index in [-0.39, 0.29) is 25.1 Å². The number of aliphatic hydroxyl groups excluding tert-OH is 1. The van der Waals surface area contributed by atoms with E-state index in [4.69, 9.17) is 10.8 Å². The first-order valence-electron chi connectivity index (χ1n) is 3.11. The lowest BCUT2D eigenvalue weighted by Crippen LogP contribution is -2.14. The fourth-order valence-corrected chi connectivity index (χ4v) is 0.701. The number of rotatable bonds is 2. The number of halogens is 1. The quantitative estimate of drug-likeness (QED) is 0.687. The number of aliphatic hydroxyl groups is 1. The van der Waals surface area contributed by atoms with Gasteiger partial charge in [-0.05, 0) is 11.6 Å². The van der Waals surface area contributed by atoms with Crippen LogP contribution in [-0.2, 0) is 0 Å². The Bertz CT molecular complexity index is 193. The van der Waals surface area contributed by atoms with Crippen LogP contribution in [0.1, 0.15) is 11.6 Å². The molecule has 0 amide bonds. The minimum absolute atomic E-state index is 0. The van der Waals surface area contributed by atoms with Crippen LogP contribution in [0.25, 0.3) is 0 Å². The van der Waals surface area contributed by atoms with Gasteiger partial charge in [0.15, 0.2) is 0 Å². The van der Waals surface area contributed by atoms with Gasteiger partial charge in [0.1, 0.15) is 0 Å². The zero-order valence-electron chi connectivity index (χ0n) is 5.97. The van der Waals surface area contributed by atoms with Crippen LogP contribution < -0.4 is 5.73 Å². The molecule has 0 aliphatic rings. The lowest BCUT2D eigenvalue weighted by molar-refractivity contribution is 0.268. The third kappa shape index (κ3) is 2.84. The number of hydrogen-bond donors (Lipinski definition) is 2. The highest BCUT2D eigenvalue weighted by Gasteiger charge is 2.01. The van der Waals surface area contributed by atoms with E-state index in [1.54, 1.807) is 18.5 Å². The van der Waals surface area contributed by atoms with Gasteiger partial charge < -0.3 is 10.8 Å². The van der Waals surface area contributed by atoms with E-state index in [2.05, 4.69) is 4.98 Å². The van der Waals surface area contributed by atoms with E-state index in [0.29, 0.717) is 0 Å². The Balaban J connectivity index is 0.000001000. The molecular weight excluding hydrogens is 164 g/mol. The smallest absolute Gasteiger partial charge is 0.0624 e. The Labute approximate surface area is 71.7 Å². The third-order valence-electron chi connectivity index (χ3n) is 1.31. The second-order valence-corrected chi connectivity index (χ2v) is 2.08. The van der Waals surface area contributed by atoms with Crippen molar-refractivity contribution in [3.8, 4) is 0 Å². The van der Waals surface area contributed by atoms with Gasteiger partial charge in [-0.25, -0.2) is 0 Å². The summed E-state index contributed by atoms with van der Waals surface area (Å²) in [5.74, 6) is 0. The molecule has 0 aliphatic carbocycles. The van der Waals surface area contributed by atoms with Gasteiger partial charge in [-0.1, -0.05) is 6.07 Å². The molecular formula is C7H11ClN2O. The Hall–Kier alpha value is -0.640. The van der Waals surface area contributed by atoms with Crippen molar-refractivity contribution < 1.29 is 5.11 Å². The molecule has 0 fully saturated rings. The maximum atomic E-state index is 8.64. The molecule has 1 aromatic heterocycles. The monoisotopic (exact) mass is 174 g/mol. The molecule has 1 heterocycles. The van der Waals surface area contributed by atoms with Gasteiger partial charge in [-0.15, -0.1) is 12.4 Å². The summed E-state index contributed by atoms with van der Waals surface area (Å²) >= 11 is 0. The van der Waals surface area contributed by atoms with Gasteiger partial charge in [-0.2, -0.15) is 0 Å². The summed E-state index contributed by atoms with van der Waals surface area (Å²) in [6, 6.07) is 3.34. The Morgan fingerprint density at radius 3 is 2.82 bits per heavy atom. The lowest BCUT2D eigenvalue weighted by atomic mass is 10.1. The van der Waals surface area contributed by atoms with Crippen molar-refractivity contribution in [2.24, 2.45) is 5.73 Å². The molecule has 3 N–H and O–H groups in total. The van der Waals surface area contributed by atoms with Crippen LogP contribution >= 0.6 is 12.4 Å². The molecule has 11 heavy (non-hydrogen) atoms. The van der Waals surface area contributed by atoms with Gasteiger partial charge in [0.05, 0.1) is 12.6 Å². The second kappa shape index (κ2) is 5.07. The normalized spacial score (nSPS) is 11.8. The van der Waals surface area contributed by atoms with Crippen LogP contribution in [0, 0.1) is 0 Å². The molecule has 1 unspecified atom stereocenters. The molecule has 0 radical (unpaired) electrons. The average molecular weight is 175 g/mol. The number of nitrogens with two attached hydrogens (primary N) is 1. The molecule has 0 aliphatic heterocycles. The van der Waals surface area contributed by atoms with Gasteiger partial charge >= 0.3 is 0 Å². The Kier molecular flexibility index (Phi) is 4.77. The Morgan fingerprint density at radius 2 is 2.36 bits per heavy atom. The first-order valence-corrected chi connectivity index (χ1v) is 3.11. The first-order chi connectivity index (χ1) is 4.84. The van der Waals surface area contributed by atoms with Crippen LogP contribution in [0.2, 0.25) is 0 Å². The molecule has 0 saturated heterocycles. The summed E-state index contributed by atoms with van der Waals surface area (Å²) in [6.45, 7) is -0.0360. The molecule has 4 heteroatoms. The van der Waals surface area contributed by atoms with Crippen LogP contribution in [-0.4, -0.2) is 16.7 Å². The molecule has 0 spiro atoms. The van der Waals surface area contributed by atoms with Crippen LogP contribution in [0.5, 0.6) is 0 Å². The molecule has 1 atom stereocenters. The van der Waals surface area contributed by atoms with Gasteiger partial charge in [0.25, 0.3) is 0 Å². The minimum atomic E-state index is -0.298. The highest BCUT2D eigenvalue weighted by atomic mass is 35.5. The van der Waals surface area contributed by atoms with Crippen LogP contribution in [0.3, 0.4) is 0 Å². The van der Waals surface area contributed by atoms with Crippen molar-refractivity contribution >= 4 is 12.4 Å². The number of nitrogens with zero attached hydrogens (tertiary/aromatic N) is 1. The van der Waals surface area contributed by atoms with Crippen molar-refractivity contribution in [3.05, 3.63) is 30.1 Å². The zero-order valence-corrected chi connectivity index (χ0v) is 6.79. The predicted octanol–water partition coefficient (Wildman–Crippen LogP) is 0.496. The summed E-state index contributed by atoms with van der Waals surface area (Å²) in [6.07, 6.45) is 3.33. The summed E-state index contributed by atoms with van der Waals surface area (Å²) in [5.41, 5.74) is 6.37. The first kappa shape index (κ1) is 10.4.